The Morgan fingerprint density at radius 1 is 1.46 bits per heavy atom. The summed E-state index contributed by atoms with van der Waals surface area (Å²) in [6, 6.07) is 0. The summed E-state index contributed by atoms with van der Waals surface area (Å²) in [6.07, 6.45) is 0. The van der Waals surface area contributed by atoms with Gasteiger partial charge in [-0.25, -0.2) is 0 Å². The highest BCUT2D eigenvalue weighted by molar-refractivity contribution is 6.72. The third-order valence-corrected chi connectivity index (χ3v) is 5.23. The molecule has 3 heteroatoms. The van der Waals surface area contributed by atoms with Gasteiger partial charge in [0, 0.05) is 6.61 Å². The molecule has 0 aliphatic carbocycles. The zero-order chi connectivity index (χ0) is 10.5. The molecule has 0 radical (unpaired) electrons. The Morgan fingerprint density at radius 3 is 2.38 bits per heavy atom. The van der Waals surface area contributed by atoms with Crippen molar-refractivity contribution in [2.24, 2.45) is 0 Å². The van der Waals surface area contributed by atoms with Gasteiger partial charge in [0.15, 0.2) is 0 Å². The fourth-order valence-electron chi connectivity index (χ4n) is 0.957. The van der Waals surface area contributed by atoms with E-state index in [0.29, 0.717) is 6.61 Å². The smallest absolute Gasteiger partial charge is 0.214 e. The zero-order valence-corrected chi connectivity index (χ0v) is 10.5. The molecule has 0 aromatic rings. The first-order valence-corrected chi connectivity index (χ1v) is 7.78. The van der Waals surface area contributed by atoms with Crippen molar-refractivity contribution >= 4 is 8.32 Å². The number of ether oxygens (including phenoxy) is 1. The van der Waals surface area contributed by atoms with E-state index in [1.165, 1.54) is 0 Å². The highest BCUT2D eigenvalue weighted by Gasteiger charge is 2.30. The third-order valence-electron chi connectivity index (χ3n) is 2.08. The van der Waals surface area contributed by atoms with Crippen molar-refractivity contribution in [1.82, 2.24) is 0 Å². The summed E-state index contributed by atoms with van der Waals surface area (Å²) in [4.78, 5) is 0. The Balaban J connectivity index is 3.92. The summed E-state index contributed by atoms with van der Waals surface area (Å²) in [7, 11) is -1.64. The second-order valence-corrected chi connectivity index (χ2v) is 8.26. The van der Waals surface area contributed by atoms with Crippen LogP contribution in [0, 0.1) is 0 Å². The molecular formula is C10H22O2Si. The van der Waals surface area contributed by atoms with Crippen LogP contribution in [0.3, 0.4) is 0 Å². The van der Waals surface area contributed by atoms with E-state index in [9.17, 15) is 0 Å². The fourth-order valence-corrected chi connectivity index (χ4v) is 2.42. The van der Waals surface area contributed by atoms with E-state index in [4.69, 9.17) is 9.16 Å². The summed E-state index contributed by atoms with van der Waals surface area (Å²) in [5.74, 6) is 0. The lowest BCUT2D eigenvalue weighted by atomic mass is 10.4. The molecule has 13 heavy (non-hydrogen) atoms. The standard InChI is InChI=1S/C10H22O2Si/c1-7-12-13(5,6)10(4)11-8-9(2)3/h10H,2,7-8H2,1,3-6H3. The van der Waals surface area contributed by atoms with Gasteiger partial charge in [-0.05, 0) is 33.9 Å². The lowest BCUT2D eigenvalue weighted by Crippen LogP contribution is -2.44. The molecule has 0 N–H and O–H groups in total. The second kappa shape index (κ2) is 5.57. The van der Waals surface area contributed by atoms with Crippen molar-refractivity contribution in [3.05, 3.63) is 12.2 Å². The van der Waals surface area contributed by atoms with Crippen molar-refractivity contribution in [2.75, 3.05) is 13.2 Å². The molecule has 0 aliphatic heterocycles. The molecular weight excluding hydrogens is 180 g/mol. The van der Waals surface area contributed by atoms with Crippen LogP contribution >= 0.6 is 0 Å². The Labute approximate surface area is 83.1 Å². The summed E-state index contributed by atoms with van der Waals surface area (Å²) in [6.45, 7) is 15.7. The largest absolute Gasteiger partial charge is 0.415 e. The van der Waals surface area contributed by atoms with Gasteiger partial charge in [0.2, 0.25) is 8.32 Å². The average molecular weight is 202 g/mol. The van der Waals surface area contributed by atoms with Gasteiger partial charge in [-0.2, -0.15) is 0 Å². The maximum Gasteiger partial charge on any atom is 0.214 e. The SMILES string of the molecule is C=C(C)COC(C)[Si](C)(C)OCC. The minimum absolute atomic E-state index is 0.226. The van der Waals surface area contributed by atoms with E-state index in [2.05, 4.69) is 26.6 Å². The van der Waals surface area contributed by atoms with E-state index in [1.807, 2.05) is 13.8 Å². The first-order valence-electron chi connectivity index (χ1n) is 4.80. The first-order chi connectivity index (χ1) is 5.90. The lowest BCUT2D eigenvalue weighted by Gasteiger charge is -2.29. The lowest BCUT2D eigenvalue weighted by molar-refractivity contribution is 0.112. The van der Waals surface area contributed by atoms with Gasteiger partial charge in [-0.15, -0.1) is 0 Å². The average Bonchev–Trinajstić information content (AvgIpc) is 1.99. The van der Waals surface area contributed by atoms with Gasteiger partial charge >= 0.3 is 0 Å². The van der Waals surface area contributed by atoms with E-state index in [0.717, 1.165) is 12.2 Å². The molecule has 0 spiro atoms. The van der Waals surface area contributed by atoms with Gasteiger partial charge in [-0.3, -0.25) is 0 Å². The van der Waals surface area contributed by atoms with E-state index in [1.54, 1.807) is 0 Å². The predicted octanol–water partition coefficient (Wildman–Crippen LogP) is 2.75. The van der Waals surface area contributed by atoms with Crippen LogP contribution in [-0.2, 0) is 9.16 Å². The highest BCUT2D eigenvalue weighted by Crippen LogP contribution is 2.13. The molecule has 0 bridgehead atoms. The number of rotatable bonds is 6. The maximum absolute atomic E-state index is 5.71. The van der Waals surface area contributed by atoms with Gasteiger partial charge in [0.1, 0.15) is 0 Å². The molecule has 0 amide bonds. The van der Waals surface area contributed by atoms with Crippen LogP contribution in [0.25, 0.3) is 0 Å². The van der Waals surface area contributed by atoms with E-state index < -0.39 is 8.32 Å². The molecule has 0 saturated carbocycles. The van der Waals surface area contributed by atoms with Crippen molar-refractivity contribution in [3.8, 4) is 0 Å². The van der Waals surface area contributed by atoms with Gasteiger partial charge in [-0.1, -0.05) is 12.2 Å². The van der Waals surface area contributed by atoms with Crippen LogP contribution in [0.1, 0.15) is 20.8 Å². The summed E-state index contributed by atoms with van der Waals surface area (Å²) in [5, 5.41) is 0. The normalized spacial score (nSPS) is 14.2. The monoisotopic (exact) mass is 202 g/mol. The van der Waals surface area contributed by atoms with Crippen LogP contribution in [-0.4, -0.2) is 27.3 Å². The van der Waals surface area contributed by atoms with E-state index in [-0.39, 0.29) is 5.73 Å². The predicted molar refractivity (Wildman–Crippen MR) is 59.3 cm³/mol. The Hall–Kier alpha value is -0.123. The summed E-state index contributed by atoms with van der Waals surface area (Å²) < 4.78 is 11.4. The van der Waals surface area contributed by atoms with Gasteiger partial charge in [0.25, 0.3) is 0 Å². The molecule has 0 rings (SSSR count). The molecule has 0 fully saturated rings. The molecule has 1 unspecified atom stereocenters. The van der Waals surface area contributed by atoms with E-state index >= 15 is 0 Å². The van der Waals surface area contributed by atoms with Crippen LogP contribution in [0.5, 0.6) is 0 Å². The Kier molecular flexibility index (Phi) is 5.52. The van der Waals surface area contributed by atoms with Crippen LogP contribution in [0.15, 0.2) is 12.2 Å². The molecule has 0 aliphatic rings. The third kappa shape index (κ3) is 5.24. The van der Waals surface area contributed by atoms with Crippen LogP contribution < -0.4 is 0 Å². The molecule has 0 aromatic carbocycles. The Bertz CT molecular complexity index is 166. The fraction of sp³-hybridized carbons (Fsp3) is 0.800. The summed E-state index contributed by atoms with van der Waals surface area (Å²) >= 11 is 0. The second-order valence-electron chi connectivity index (χ2n) is 3.95. The highest BCUT2D eigenvalue weighted by atomic mass is 28.4. The number of hydrogen-bond acceptors (Lipinski definition) is 2. The van der Waals surface area contributed by atoms with Crippen LogP contribution in [0.4, 0.5) is 0 Å². The van der Waals surface area contributed by atoms with Crippen molar-refractivity contribution in [2.45, 2.75) is 39.6 Å². The van der Waals surface area contributed by atoms with Gasteiger partial charge < -0.3 is 9.16 Å². The minimum atomic E-state index is -1.64. The quantitative estimate of drug-likeness (QED) is 0.487. The summed E-state index contributed by atoms with van der Waals surface area (Å²) in [5.41, 5.74) is 1.29. The molecule has 1 atom stereocenters. The Morgan fingerprint density at radius 2 is 2.00 bits per heavy atom. The molecule has 2 nitrogen and oxygen atoms in total. The van der Waals surface area contributed by atoms with Gasteiger partial charge in [0.05, 0.1) is 12.3 Å². The first kappa shape index (κ1) is 12.9. The van der Waals surface area contributed by atoms with Crippen molar-refractivity contribution in [3.63, 3.8) is 0 Å². The zero-order valence-electron chi connectivity index (χ0n) is 9.52. The van der Waals surface area contributed by atoms with Crippen molar-refractivity contribution in [1.29, 1.82) is 0 Å². The maximum atomic E-state index is 5.71. The van der Waals surface area contributed by atoms with Crippen LogP contribution in [0.2, 0.25) is 13.1 Å². The molecule has 0 heterocycles. The molecule has 0 aromatic heterocycles. The topological polar surface area (TPSA) is 18.5 Å². The molecule has 78 valence electrons. The molecule has 0 saturated heterocycles. The number of hydrogen-bond donors (Lipinski definition) is 0. The van der Waals surface area contributed by atoms with Crippen molar-refractivity contribution < 1.29 is 9.16 Å². The minimum Gasteiger partial charge on any atom is -0.415 e.